The molecule has 0 aromatic rings. The molecule has 6 heteroatoms. The van der Waals surface area contributed by atoms with Gasteiger partial charge in [0.2, 0.25) is 5.91 Å². The van der Waals surface area contributed by atoms with Gasteiger partial charge in [-0.05, 0) is 46.5 Å². The number of hydrogen-bond acceptors (Lipinski definition) is 4. The Morgan fingerprint density at radius 2 is 1.95 bits per heavy atom. The Hall–Kier alpha value is -1.30. The molecular formula is C15H29N3O3. The second kappa shape index (κ2) is 7.64. The van der Waals surface area contributed by atoms with Crippen molar-refractivity contribution in [2.75, 3.05) is 13.6 Å². The molecule has 0 aromatic carbocycles. The summed E-state index contributed by atoms with van der Waals surface area (Å²) in [6.45, 7) is 7.97. The van der Waals surface area contributed by atoms with Crippen LogP contribution in [0.15, 0.2) is 0 Å². The van der Waals surface area contributed by atoms with Gasteiger partial charge in [-0.1, -0.05) is 6.42 Å². The number of likely N-dealkylation sites (N-methyl/N-ethyl adjacent to an activating group) is 1. The first-order chi connectivity index (χ1) is 9.73. The van der Waals surface area contributed by atoms with E-state index in [1.54, 1.807) is 7.05 Å². The molecule has 2 amide bonds. The molecule has 0 saturated heterocycles. The third-order valence-corrected chi connectivity index (χ3v) is 3.67. The van der Waals surface area contributed by atoms with Crippen molar-refractivity contribution >= 4 is 12.0 Å². The number of nitrogens with one attached hydrogen (secondary N) is 3. The van der Waals surface area contributed by atoms with E-state index in [9.17, 15) is 9.59 Å². The van der Waals surface area contributed by atoms with Crippen LogP contribution in [0.2, 0.25) is 0 Å². The number of carbonyl (C=O) groups excluding carboxylic acids is 2. The Morgan fingerprint density at radius 3 is 2.52 bits per heavy atom. The summed E-state index contributed by atoms with van der Waals surface area (Å²) in [7, 11) is 1.64. The van der Waals surface area contributed by atoms with Gasteiger partial charge >= 0.3 is 6.09 Å². The zero-order valence-corrected chi connectivity index (χ0v) is 13.8. The lowest BCUT2D eigenvalue weighted by atomic mass is 10.0. The number of amides is 2. The van der Waals surface area contributed by atoms with Crippen LogP contribution in [0, 0.1) is 5.92 Å². The lowest BCUT2D eigenvalue weighted by molar-refractivity contribution is -0.122. The van der Waals surface area contributed by atoms with Crippen molar-refractivity contribution in [3.63, 3.8) is 0 Å². The second-order valence-electron chi connectivity index (χ2n) is 6.68. The smallest absolute Gasteiger partial charge is 0.407 e. The Kier molecular flexibility index (Phi) is 6.45. The van der Waals surface area contributed by atoms with Gasteiger partial charge in [0.15, 0.2) is 0 Å². The van der Waals surface area contributed by atoms with E-state index in [1.807, 2.05) is 27.7 Å². The lowest BCUT2D eigenvalue weighted by Crippen LogP contribution is -2.48. The Bertz CT molecular complexity index is 366. The summed E-state index contributed by atoms with van der Waals surface area (Å²) in [6.07, 6.45) is 2.81. The third-order valence-electron chi connectivity index (χ3n) is 3.67. The van der Waals surface area contributed by atoms with Crippen molar-refractivity contribution < 1.29 is 14.3 Å². The molecule has 1 fully saturated rings. The topological polar surface area (TPSA) is 79.5 Å². The Balaban J connectivity index is 2.40. The van der Waals surface area contributed by atoms with E-state index in [0.29, 0.717) is 12.5 Å². The summed E-state index contributed by atoms with van der Waals surface area (Å²) >= 11 is 0. The van der Waals surface area contributed by atoms with Crippen LogP contribution in [-0.4, -0.2) is 43.3 Å². The van der Waals surface area contributed by atoms with Gasteiger partial charge in [0, 0.05) is 19.6 Å². The number of ether oxygens (including phenoxy) is 1. The molecule has 0 bridgehead atoms. The second-order valence-corrected chi connectivity index (χ2v) is 6.68. The molecule has 3 unspecified atom stereocenters. The maximum Gasteiger partial charge on any atom is 0.407 e. The van der Waals surface area contributed by atoms with Gasteiger partial charge < -0.3 is 20.7 Å². The Morgan fingerprint density at radius 1 is 1.29 bits per heavy atom. The van der Waals surface area contributed by atoms with Gasteiger partial charge in [-0.3, -0.25) is 4.79 Å². The highest BCUT2D eigenvalue weighted by Gasteiger charge is 2.30. The molecular weight excluding hydrogens is 270 g/mol. The molecule has 1 aliphatic rings. The average molecular weight is 299 g/mol. The van der Waals surface area contributed by atoms with Crippen LogP contribution in [0.4, 0.5) is 4.79 Å². The monoisotopic (exact) mass is 299 g/mol. The fourth-order valence-corrected chi connectivity index (χ4v) is 2.64. The minimum absolute atomic E-state index is 0.0132. The van der Waals surface area contributed by atoms with Crippen molar-refractivity contribution in [2.24, 2.45) is 5.92 Å². The highest BCUT2D eigenvalue weighted by atomic mass is 16.6. The molecule has 3 atom stereocenters. The van der Waals surface area contributed by atoms with Crippen molar-refractivity contribution in [2.45, 2.75) is 64.6 Å². The van der Waals surface area contributed by atoms with Gasteiger partial charge in [-0.2, -0.15) is 0 Å². The SMILES string of the molecule is CNC(=O)C(C)NC1CCCC1CNC(=O)OC(C)(C)C. The quantitative estimate of drug-likeness (QED) is 0.717. The molecule has 1 rings (SSSR count). The van der Waals surface area contributed by atoms with E-state index in [4.69, 9.17) is 4.74 Å². The zero-order chi connectivity index (χ0) is 16.0. The fraction of sp³-hybridized carbons (Fsp3) is 0.867. The summed E-state index contributed by atoms with van der Waals surface area (Å²) in [5.41, 5.74) is -0.481. The van der Waals surface area contributed by atoms with Crippen molar-refractivity contribution in [3.8, 4) is 0 Å². The first-order valence-corrected chi connectivity index (χ1v) is 7.67. The molecule has 1 aliphatic carbocycles. The van der Waals surface area contributed by atoms with Crippen LogP contribution in [0.5, 0.6) is 0 Å². The summed E-state index contributed by atoms with van der Waals surface area (Å²) in [6, 6.07) is 0.0364. The summed E-state index contributed by atoms with van der Waals surface area (Å²) in [5, 5.41) is 8.81. The van der Waals surface area contributed by atoms with E-state index >= 15 is 0 Å². The summed E-state index contributed by atoms with van der Waals surface area (Å²) in [4.78, 5) is 23.2. The largest absolute Gasteiger partial charge is 0.444 e. The van der Waals surface area contributed by atoms with Crippen molar-refractivity contribution in [1.82, 2.24) is 16.0 Å². The molecule has 0 aliphatic heterocycles. The summed E-state index contributed by atoms with van der Waals surface area (Å²) in [5.74, 6) is 0.324. The number of rotatable bonds is 5. The van der Waals surface area contributed by atoms with Gasteiger partial charge in [0.1, 0.15) is 5.60 Å². The van der Waals surface area contributed by atoms with Gasteiger partial charge in [0.25, 0.3) is 0 Å². The molecule has 21 heavy (non-hydrogen) atoms. The number of hydrogen-bond donors (Lipinski definition) is 3. The van der Waals surface area contributed by atoms with Crippen LogP contribution in [0.1, 0.15) is 47.0 Å². The van der Waals surface area contributed by atoms with E-state index in [-0.39, 0.29) is 24.1 Å². The van der Waals surface area contributed by atoms with Crippen LogP contribution >= 0.6 is 0 Å². The van der Waals surface area contributed by atoms with Gasteiger partial charge in [-0.25, -0.2) is 4.79 Å². The summed E-state index contributed by atoms with van der Waals surface area (Å²) < 4.78 is 5.23. The molecule has 0 aromatic heterocycles. The fourth-order valence-electron chi connectivity index (χ4n) is 2.64. The van der Waals surface area contributed by atoms with Crippen molar-refractivity contribution in [3.05, 3.63) is 0 Å². The van der Waals surface area contributed by atoms with Crippen LogP contribution < -0.4 is 16.0 Å². The van der Waals surface area contributed by atoms with Gasteiger partial charge in [0.05, 0.1) is 6.04 Å². The van der Waals surface area contributed by atoms with E-state index in [2.05, 4.69) is 16.0 Å². The highest BCUT2D eigenvalue weighted by molar-refractivity contribution is 5.80. The standard InChI is InChI=1S/C15H29N3O3/c1-10(13(19)16-5)18-12-8-6-7-11(12)9-17-14(20)21-15(2,3)4/h10-12,18H,6-9H2,1-5H3,(H,16,19)(H,17,20). The minimum Gasteiger partial charge on any atom is -0.444 e. The first-order valence-electron chi connectivity index (χ1n) is 7.67. The number of alkyl carbamates (subject to hydrolysis) is 1. The maximum absolute atomic E-state index is 11.7. The molecule has 0 spiro atoms. The predicted octanol–water partition coefficient (Wildman–Crippen LogP) is 1.40. The lowest BCUT2D eigenvalue weighted by Gasteiger charge is -2.25. The molecule has 0 heterocycles. The highest BCUT2D eigenvalue weighted by Crippen LogP contribution is 2.25. The van der Waals surface area contributed by atoms with E-state index in [0.717, 1.165) is 19.3 Å². The Labute approximate surface area is 127 Å². The molecule has 0 radical (unpaired) electrons. The normalized spacial score (nSPS) is 23.5. The number of carbonyl (C=O) groups is 2. The van der Waals surface area contributed by atoms with Crippen molar-refractivity contribution in [1.29, 1.82) is 0 Å². The maximum atomic E-state index is 11.7. The van der Waals surface area contributed by atoms with Crippen LogP contribution in [0.25, 0.3) is 0 Å². The van der Waals surface area contributed by atoms with Crippen LogP contribution in [-0.2, 0) is 9.53 Å². The molecule has 1 saturated carbocycles. The minimum atomic E-state index is -0.481. The molecule has 3 N–H and O–H groups in total. The first kappa shape index (κ1) is 17.8. The molecule has 6 nitrogen and oxygen atoms in total. The third kappa shape index (κ3) is 6.33. The van der Waals surface area contributed by atoms with Crippen LogP contribution in [0.3, 0.4) is 0 Å². The zero-order valence-electron chi connectivity index (χ0n) is 13.8. The molecule has 122 valence electrons. The van der Waals surface area contributed by atoms with E-state index in [1.165, 1.54) is 0 Å². The predicted molar refractivity (Wildman–Crippen MR) is 82.0 cm³/mol. The average Bonchev–Trinajstić information content (AvgIpc) is 2.80. The van der Waals surface area contributed by atoms with E-state index < -0.39 is 5.60 Å². The van der Waals surface area contributed by atoms with Gasteiger partial charge in [-0.15, -0.1) is 0 Å².